The molecule has 1 amide bonds. The molecule has 1 atom stereocenters. The van der Waals surface area contributed by atoms with Crippen LogP contribution in [0.1, 0.15) is 23.5 Å². The number of benzene rings is 2. The quantitative estimate of drug-likeness (QED) is 0.921. The van der Waals surface area contributed by atoms with E-state index in [0.29, 0.717) is 26.0 Å². The number of hydrogen-bond donors (Lipinski definition) is 1. The van der Waals surface area contributed by atoms with Gasteiger partial charge in [-0.1, -0.05) is 30.3 Å². The molecule has 0 bridgehead atoms. The van der Waals surface area contributed by atoms with Gasteiger partial charge >= 0.3 is 0 Å². The van der Waals surface area contributed by atoms with Gasteiger partial charge in [0.15, 0.2) is 0 Å². The summed E-state index contributed by atoms with van der Waals surface area (Å²) in [6.45, 7) is 1.17. The molecule has 1 unspecified atom stereocenters. The van der Waals surface area contributed by atoms with E-state index in [9.17, 15) is 9.18 Å². The third-order valence-electron chi connectivity index (χ3n) is 3.87. The van der Waals surface area contributed by atoms with Gasteiger partial charge in [-0.05, 0) is 30.2 Å². The Kier molecular flexibility index (Phi) is 4.37. The summed E-state index contributed by atoms with van der Waals surface area (Å²) >= 11 is 0. The van der Waals surface area contributed by atoms with Crippen LogP contribution in [0.2, 0.25) is 0 Å². The van der Waals surface area contributed by atoms with Gasteiger partial charge in [0, 0.05) is 24.4 Å². The summed E-state index contributed by atoms with van der Waals surface area (Å²) in [7, 11) is 0. The first-order chi connectivity index (χ1) is 10.7. The lowest BCUT2D eigenvalue weighted by molar-refractivity contribution is -0.121. The number of fused-ring (bicyclic) bond motifs is 1. The fourth-order valence-corrected chi connectivity index (χ4v) is 2.67. The number of carbonyl (C=O) groups excluding carboxylic acids is 1. The van der Waals surface area contributed by atoms with Gasteiger partial charge in [0.2, 0.25) is 5.91 Å². The molecule has 0 aromatic heterocycles. The normalized spacial score (nSPS) is 16.0. The lowest BCUT2D eigenvalue weighted by Gasteiger charge is -2.10. The van der Waals surface area contributed by atoms with Crippen LogP contribution in [0.5, 0.6) is 5.75 Å². The monoisotopic (exact) mass is 299 g/mol. The first kappa shape index (κ1) is 14.6. The molecule has 0 radical (unpaired) electrons. The molecule has 0 aliphatic carbocycles. The van der Waals surface area contributed by atoms with Gasteiger partial charge in [-0.15, -0.1) is 0 Å². The highest BCUT2D eigenvalue weighted by molar-refractivity contribution is 5.76. The van der Waals surface area contributed by atoms with Crippen molar-refractivity contribution in [3.63, 3.8) is 0 Å². The molecular formula is C18H18FNO2. The van der Waals surface area contributed by atoms with E-state index in [4.69, 9.17) is 4.74 Å². The summed E-state index contributed by atoms with van der Waals surface area (Å²) in [5.74, 6) is 0.821. The number of ether oxygens (including phenoxy) is 1. The lowest BCUT2D eigenvalue weighted by atomic mass is 10.0. The molecule has 2 aromatic carbocycles. The van der Waals surface area contributed by atoms with Crippen molar-refractivity contribution < 1.29 is 13.9 Å². The van der Waals surface area contributed by atoms with E-state index < -0.39 is 0 Å². The Labute approximate surface area is 129 Å². The van der Waals surface area contributed by atoms with Crippen LogP contribution >= 0.6 is 0 Å². The molecule has 1 heterocycles. The summed E-state index contributed by atoms with van der Waals surface area (Å²) < 4.78 is 18.7. The van der Waals surface area contributed by atoms with E-state index in [1.54, 1.807) is 6.07 Å². The van der Waals surface area contributed by atoms with Crippen molar-refractivity contribution in [2.24, 2.45) is 0 Å². The molecule has 22 heavy (non-hydrogen) atoms. The van der Waals surface area contributed by atoms with Gasteiger partial charge < -0.3 is 10.1 Å². The van der Waals surface area contributed by atoms with Crippen molar-refractivity contribution in [1.82, 2.24) is 5.32 Å². The molecule has 0 saturated carbocycles. The Morgan fingerprint density at radius 3 is 2.95 bits per heavy atom. The van der Waals surface area contributed by atoms with Crippen LogP contribution in [0.15, 0.2) is 48.5 Å². The lowest BCUT2D eigenvalue weighted by Crippen LogP contribution is -2.29. The minimum absolute atomic E-state index is 0.0198. The standard InChI is InChI=1S/C18H18FNO2/c19-15-5-3-4-13(10-15)8-9-18(21)20-11-14-12-22-17-7-2-1-6-16(14)17/h1-7,10,14H,8-9,11-12H2,(H,20,21). The van der Waals surface area contributed by atoms with Gasteiger partial charge in [0.1, 0.15) is 11.6 Å². The minimum atomic E-state index is -0.266. The second-order valence-electron chi connectivity index (χ2n) is 5.48. The number of halogens is 1. The minimum Gasteiger partial charge on any atom is -0.493 e. The van der Waals surface area contributed by atoms with E-state index in [1.807, 2.05) is 30.3 Å². The van der Waals surface area contributed by atoms with Gasteiger partial charge in [0.25, 0.3) is 0 Å². The van der Waals surface area contributed by atoms with Gasteiger partial charge in [0.05, 0.1) is 6.61 Å². The van der Waals surface area contributed by atoms with Crippen molar-refractivity contribution in [3.8, 4) is 5.75 Å². The Morgan fingerprint density at radius 1 is 1.23 bits per heavy atom. The smallest absolute Gasteiger partial charge is 0.220 e. The Bertz CT molecular complexity index is 672. The molecule has 2 aromatic rings. The van der Waals surface area contributed by atoms with E-state index >= 15 is 0 Å². The van der Waals surface area contributed by atoms with Crippen molar-refractivity contribution >= 4 is 5.91 Å². The van der Waals surface area contributed by atoms with Crippen molar-refractivity contribution in [1.29, 1.82) is 0 Å². The van der Waals surface area contributed by atoms with Crippen LogP contribution in [0.4, 0.5) is 4.39 Å². The highest BCUT2D eigenvalue weighted by Gasteiger charge is 2.23. The Hall–Kier alpha value is -2.36. The van der Waals surface area contributed by atoms with E-state index in [2.05, 4.69) is 5.32 Å². The maximum atomic E-state index is 13.1. The number of carbonyl (C=O) groups is 1. The van der Waals surface area contributed by atoms with E-state index in [1.165, 1.54) is 12.1 Å². The molecule has 0 fully saturated rings. The molecule has 3 rings (SSSR count). The van der Waals surface area contributed by atoms with Crippen molar-refractivity contribution in [3.05, 3.63) is 65.5 Å². The molecule has 4 heteroatoms. The maximum Gasteiger partial charge on any atom is 0.220 e. The van der Waals surface area contributed by atoms with Gasteiger partial charge in [-0.3, -0.25) is 4.79 Å². The fourth-order valence-electron chi connectivity index (χ4n) is 2.67. The van der Waals surface area contributed by atoms with E-state index in [-0.39, 0.29) is 17.6 Å². The van der Waals surface area contributed by atoms with Gasteiger partial charge in [-0.2, -0.15) is 0 Å². The second-order valence-corrected chi connectivity index (χ2v) is 5.48. The first-order valence-electron chi connectivity index (χ1n) is 7.45. The molecule has 1 aliphatic heterocycles. The molecule has 1 aliphatic rings. The number of rotatable bonds is 5. The van der Waals surface area contributed by atoms with Crippen LogP contribution in [-0.4, -0.2) is 19.1 Å². The number of para-hydroxylation sites is 1. The summed E-state index contributed by atoms with van der Waals surface area (Å²) in [5.41, 5.74) is 1.98. The summed E-state index contributed by atoms with van der Waals surface area (Å²) in [4.78, 5) is 11.9. The third kappa shape index (κ3) is 3.45. The number of aryl methyl sites for hydroxylation is 1. The first-order valence-corrected chi connectivity index (χ1v) is 7.45. The fraction of sp³-hybridized carbons (Fsp3) is 0.278. The predicted octanol–water partition coefficient (Wildman–Crippen LogP) is 3.05. The second kappa shape index (κ2) is 6.60. The SMILES string of the molecule is O=C(CCc1cccc(F)c1)NCC1COc2ccccc21. The van der Waals surface area contributed by atoms with Crippen molar-refractivity contribution in [2.45, 2.75) is 18.8 Å². The zero-order valence-corrected chi connectivity index (χ0v) is 12.2. The van der Waals surface area contributed by atoms with Crippen LogP contribution in [0.3, 0.4) is 0 Å². The van der Waals surface area contributed by atoms with Gasteiger partial charge in [-0.25, -0.2) is 4.39 Å². The maximum absolute atomic E-state index is 13.1. The topological polar surface area (TPSA) is 38.3 Å². The summed E-state index contributed by atoms with van der Waals surface area (Å²) in [6.07, 6.45) is 0.903. The molecule has 114 valence electrons. The van der Waals surface area contributed by atoms with E-state index in [0.717, 1.165) is 16.9 Å². The Balaban J connectivity index is 1.47. The zero-order valence-electron chi connectivity index (χ0n) is 12.2. The molecule has 0 spiro atoms. The average Bonchev–Trinajstić information content (AvgIpc) is 2.94. The van der Waals surface area contributed by atoms with Crippen molar-refractivity contribution in [2.75, 3.05) is 13.2 Å². The average molecular weight is 299 g/mol. The molecule has 3 nitrogen and oxygen atoms in total. The van der Waals surface area contributed by atoms with Crippen LogP contribution in [-0.2, 0) is 11.2 Å². The molecular weight excluding hydrogens is 281 g/mol. The number of hydrogen-bond acceptors (Lipinski definition) is 2. The Morgan fingerprint density at radius 2 is 2.09 bits per heavy atom. The zero-order chi connectivity index (χ0) is 15.4. The summed E-state index contributed by atoms with van der Waals surface area (Å²) in [5, 5.41) is 2.94. The van der Waals surface area contributed by atoms with Crippen LogP contribution in [0.25, 0.3) is 0 Å². The van der Waals surface area contributed by atoms with Crippen LogP contribution in [0, 0.1) is 5.82 Å². The molecule has 0 saturated heterocycles. The highest BCUT2D eigenvalue weighted by Crippen LogP contribution is 2.32. The predicted molar refractivity (Wildman–Crippen MR) is 82.4 cm³/mol. The number of amides is 1. The van der Waals surface area contributed by atoms with Crippen LogP contribution < -0.4 is 10.1 Å². The summed E-state index contributed by atoms with van der Waals surface area (Å²) in [6, 6.07) is 14.3. The molecule has 1 N–H and O–H groups in total. The highest BCUT2D eigenvalue weighted by atomic mass is 19.1. The third-order valence-corrected chi connectivity index (χ3v) is 3.87. The largest absolute Gasteiger partial charge is 0.493 e. The number of nitrogens with one attached hydrogen (secondary N) is 1.